The molecular weight excluding hydrogens is 385 g/mol. The second-order valence-corrected chi connectivity index (χ2v) is 5.15. The monoisotopic (exact) mass is 398 g/mol. The molecule has 0 aliphatic carbocycles. The number of hydrogen-bond acceptors (Lipinski definition) is 2. The van der Waals surface area contributed by atoms with Gasteiger partial charge in [0.1, 0.15) is 0 Å². The van der Waals surface area contributed by atoms with Gasteiger partial charge in [-0.25, -0.2) is 0 Å². The van der Waals surface area contributed by atoms with Crippen molar-refractivity contribution >= 4 is 5.97 Å². The second-order valence-electron chi connectivity index (χ2n) is 5.15. The molecule has 1 atom stereocenters. The Balaban J connectivity index is 5.36. The van der Waals surface area contributed by atoms with Gasteiger partial charge in [-0.1, -0.05) is 13.8 Å². The molecule has 0 aromatic heterocycles. The number of carbonyl (C=O) groups is 1. The lowest BCUT2D eigenvalue weighted by Crippen LogP contribution is -2.66. The lowest BCUT2D eigenvalue weighted by atomic mass is 9.96. The number of rotatable bonds is 8. The fourth-order valence-corrected chi connectivity index (χ4v) is 1.35. The van der Waals surface area contributed by atoms with Gasteiger partial charge in [-0.15, -0.1) is 0 Å². The van der Waals surface area contributed by atoms with Gasteiger partial charge in [-0.05, 0) is 6.42 Å². The van der Waals surface area contributed by atoms with Gasteiger partial charge in [-0.2, -0.15) is 48.3 Å². The van der Waals surface area contributed by atoms with E-state index in [0.717, 1.165) is 0 Å². The van der Waals surface area contributed by atoms with E-state index in [1.807, 2.05) is 0 Å². The predicted octanol–water partition coefficient (Wildman–Crippen LogP) is 5.07. The number of carbonyl (C=O) groups excluding carboxylic acids is 1. The minimum Gasteiger partial charge on any atom is -0.465 e. The van der Waals surface area contributed by atoms with Gasteiger partial charge < -0.3 is 4.74 Å². The van der Waals surface area contributed by atoms with Crippen molar-refractivity contribution < 1.29 is 57.8 Å². The van der Waals surface area contributed by atoms with E-state index in [-0.39, 0.29) is 6.42 Å². The maximum absolute atomic E-state index is 13.2. The second kappa shape index (κ2) is 7.14. The molecule has 0 aliphatic rings. The van der Waals surface area contributed by atoms with Crippen LogP contribution < -0.4 is 0 Å². The van der Waals surface area contributed by atoms with Gasteiger partial charge in [0, 0.05) is 0 Å². The zero-order valence-electron chi connectivity index (χ0n) is 12.7. The van der Waals surface area contributed by atoms with Crippen LogP contribution >= 0.6 is 0 Å². The SMILES string of the molecule is CCC(C)C(=O)OCCC(F)(F)C(F)(F)C(F)(F)C(F)(F)C(F)(F)F. The number of halogens is 11. The highest BCUT2D eigenvalue weighted by atomic mass is 19.4. The first-order chi connectivity index (χ1) is 10.9. The van der Waals surface area contributed by atoms with Crippen molar-refractivity contribution in [2.75, 3.05) is 6.61 Å². The molecule has 0 bridgehead atoms. The number of ether oxygens (including phenoxy) is 1. The third-order valence-corrected chi connectivity index (χ3v) is 3.28. The van der Waals surface area contributed by atoms with Crippen LogP contribution in [-0.2, 0) is 9.53 Å². The summed E-state index contributed by atoms with van der Waals surface area (Å²) in [5.41, 5.74) is 0. The van der Waals surface area contributed by atoms with Gasteiger partial charge in [0.05, 0.1) is 18.9 Å². The molecule has 0 aromatic rings. The van der Waals surface area contributed by atoms with E-state index in [0.29, 0.717) is 0 Å². The summed E-state index contributed by atoms with van der Waals surface area (Å²) >= 11 is 0. The van der Waals surface area contributed by atoms with Crippen LogP contribution in [0.4, 0.5) is 48.3 Å². The van der Waals surface area contributed by atoms with E-state index >= 15 is 0 Å². The van der Waals surface area contributed by atoms with Crippen LogP contribution in [-0.4, -0.2) is 42.4 Å². The highest BCUT2D eigenvalue weighted by molar-refractivity contribution is 5.71. The van der Waals surface area contributed by atoms with Crippen molar-refractivity contribution in [3.05, 3.63) is 0 Å². The molecular formula is C12H13F11O2. The Bertz CT molecular complexity index is 470. The Morgan fingerprint density at radius 1 is 0.840 bits per heavy atom. The molecule has 0 N–H and O–H groups in total. The minimum atomic E-state index is -7.44. The number of esters is 1. The molecule has 25 heavy (non-hydrogen) atoms. The molecule has 0 spiro atoms. The summed E-state index contributed by atoms with van der Waals surface area (Å²) in [6.45, 7) is 1.14. The van der Waals surface area contributed by atoms with Gasteiger partial charge in [0.2, 0.25) is 0 Å². The summed E-state index contributed by atoms with van der Waals surface area (Å²) in [4.78, 5) is 11.1. The first kappa shape index (κ1) is 23.7. The highest BCUT2D eigenvalue weighted by Crippen LogP contribution is 2.57. The van der Waals surface area contributed by atoms with Crippen LogP contribution in [0.25, 0.3) is 0 Å². The smallest absolute Gasteiger partial charge is 0.460 e. The Kier molecular flexibility index (Phi) is 6.77. The van der Waals surface area contributed by atoms with Crippen molar-refractivity contribution in [3.8, 4) is 0 Å². The molecule has 2 nitrogen and oxygen atoms in total. The van der Waals surface area contributed by atoms with Crippen LogP contribution in [0.2, 0.25) is 0 Å². The summed E-state index contributed by atoms with van der Waals surface area (Å²) in [6.07, 6.45) is -9.42. The fourth-order valence-electron chi connectivity index (χ4n) is 1.35. The molecule has 0 aliphatic heterocycles. The van der Waals surface area contributed by atoms with Crippen LogP contribution in [0.5, 0.6) is 0 Å². The summed E-state index contributed by atoms with van der Waals surface area (Å²) in [6, 6.07) is 0. The minimum absolute atomic E-state index is 0.154. The quantitative estimate of drug-likeness (QED) is 0.422. The Labute approximate surface area is 134 Å². The zero-order chi connectivity index (χ0) is 20.5. The molecule has 13 heteroatoms. The first-order valence-corrected chi connectivity index (χ1v) is 6.61. The van der Waals surface area contributed by atoms with Gasteiger partial charge >= 0.3 is 35.8 Å². The highest BCUT2D eigenvalue weighted by Gasteiger charge is 2.86. The summed E-state index contributed by atoms with van der Waals surface area (Å²) < 4.78 is 143. The molecule has 0 aromatic carbocycles. The predicted molar refractivity (Wildman–Crippen MR) is 60.9 cm³/mol. The molecule has 0 saturated heterocycles. The average Bonchev–Trinajstić information content (AvgIpc) is 2.44. The van der Waals surface area contributed by atoms with E-state index in [9.17, 15) is 53.1 Å². The fraction of sp³-hybridized carbons (Fsp3) is 0.917. The Morgan fingerprint density at radius 3 is 1.64 bits per heavy atom. The van der Waals surface area contributed by atoms with Crippen molar-refractivity contribution in [1.82, 2.24) is 0 Å². The molecule has 0 heterocycles. The van der Waals surface area contributed by atoms with Crippen molar-refractivity contribution in [3.63, 3.8) is 0 Å². The molecule has 0 saturated carbocycles. The first-order valence-electron chi connectivity index (χ1n) is 6.61. The van der Waals surface area contributed by atoms with E-state index in [1.54, 1.807) is 0 Å². The van der Waals surface area contributed by atoms with E-state index in [1.165, 1.54) is 13.8 Å². The van der Waals surface area contributed by atoms with Crippen LogP contribution in [0.1, 0.15) is 26.7 Å². The average molecular weight is 398 g/mol. The summed E-state index contributed by atoms with van der Waals surface area (Å²) in [7, 11) is 0. The van der Waals surface area contributed by atoms with Crippen LogP contribution in [0, 0.1) is 5.92 Å². The molecule has 0 radical (unpaired) electrons. The summed E-state index contributed by atoms with van der Waals surface area (Å²) in [5, 5.41) is 0. The molecule has 0 amide bonds. The van der Waals surface area contributed by atoms with Crippen molar-refractivity contribution in [2.45, 2.75) is 56.6 Å². The lowest BCUT2D eigenvalue weighted by Gasteiger charge is -2.37. The third-order valence-electron chi connectivity index (χ3n) is 3.28. The van der Waals surface area contributed by atoms with Crippen molar-refractivity contribution in [1.29, 1.82) is 0 Å². The standard InChI is InChI=1S/C12H13F11O2/c1-3-6(2)7(24)25-5-4-8(13,14)9(15,16)10(17,18)11(19,20)12(21,22)23/h6H,3-5H2,1-2H3. The van der Waals surface area contributed by atoms with E-state index in [4.69, 9.17) is 0 Å². The molecule has 1 unspecified atom stereocenters. The third kappa shape index (κ3) is 4.27. The van der Waals surface area contributed by atoms with Gasteiger partial charge in [-0.3, -0.25) is 4.79 Å². The number of hydrogen-bond donors (Lipinski definition) is 0. The van der Waals surface area contributed by atoms with E-state index in [2.05, 4.69) is 4.74 Å². The Hall–Kier alpha value is -1.30. The topological polar surface area (TPSA) is 26.3 Å². The van der Waals surface area contributed by atoms with Crippen molar-refractivity contribution in [2.24, 2.45) is 5.92 Å². The lowest BCUT2D eigenvalue weighted by molar-refractivity contribution is -0.422. The largest absolute Gasteiger partial charge is 0.465 e. The maximum atomic E-state index is 13.2. The van der Waals surface area contributed by atoms with Crippen LogP contribution in [0.15, 0.2) is 0 Å². The molecule has 150 valence electrons. The van der Waals surface area contributed by atoms with E-state index < -0.39 is 54.8 Å². The van der Waals surface area contributed by atoms with Crippen LogP contribution in [0.3, 0.4) is 0 Å². The zero-order valence-corrected chi connectivity index (χ0v) is 12.7. The molecule has 0 fully saturated rings. The van der Waals surface area contributed by atoms with Gasteiger partial charge in [0.25, 0.3) is 0 Å². The molecule has 0 rings (SSSR count). The Morgan fingerprint density at radius 2 is 1.28 bits per heavy atom. The maximum Gasteiger partial charge on any atom is 0.460 e. The summed E-state index contributed by atoms with van der Waals surface area (Å²) in [5.74, 6) is -30.0. The number of alkyl halides is 11. The van der Waals surface area contributed by atoms with Gasteiger partial charge in [0.15, 0.2) is 0 Å². The normalized spacial score (nSPS) is 15.9.